The molecule has 0 aromatic heterocycles. The Morgan fingerprint density at radius 2 is 1.86 bits per heavy atom. The molecule has 1 unspecified atom stereocenters. The van der Waals surface area contributed by atoms with Gasteiger partial charge in [-0.25, -0.2) is 8.78 Å². The van der Waals surface area contributed by atoms with Crippen molar-refractivity contribution in [3.8, 4) is 5.75 Å². The maximum atomic E-state index is 13.7. The Bertz CT molecular complexity index is 601. The average molecular weight is 291 g/mol. The van der Waals surface area contributed by atoms with Crippen LogP contribution in [0, 0.1) is 11.6 Å². The molecule has 0 amide bonds. The highest BCUT2D eigenvalue weighted by Gasteiger charge is 2.14. The minimum atomic E-state index is -0.802. The summed E-state index contributed by atoms with van der Waals surface area (Å²) in [4.78, 5) is 0. The molecule has 2 nitrogen and oxygen atoms in total. The molecule has 1 atom stereocenters. The molecule has 0 bridgehead atoms. The van der Waals surface area contributed by atoms with E-state index in [-0.39, 0.29) is 6.04 Å². The van der Waals surface area contributed by atoms with Gasteiger partial charge in [-0.3, -0.25) is 0 Å². The lowest BCUT2D eigenvalue weighted by molar-refractivity contribution is 0.413. The molecule has 0 radical (unpaired) electrons. The summed E-state index contributed by atoms with van der Waals surface area (Å²) in [6.07, 6.45) is 1.14. The first kappa shape index (κ1) is 15.4. The fourth-order valence-electron chi connectivity index (χ4n) is 2.33. The topological polar surface area (TPSA) is 21.3 Å². The van der Waals surface area contributed by atoms with Gasteiger partial charge in [0.05, 0.1) is 7.11 Å². The zero-order valence-electron chi connectivity index (χ0n) is 12.2. The van der Waals surface area contributed by atoms with Crippen LogP contribution in [0.2, 0.25) is 0 Å². The molecule has 0 fully saturated rings. The van der Waals surface area contributed by atoms with Gasteiger partial charge in [0.25, 0.3) is 0 Å². The number of nitrogens with one attached hydrogen (secondary N) is 1. The molecule has 2 aromatic carbocycles. The molecule has 2 aromatic rings. The molecular weight excluding hydrogens is 272 g/mol. The monoisotopic (exact) mass is 291 g/mol. The third kappa shape index (κ3) is 4.02. The van der Waals surface area contributed by atoms with Crippen LogP contribution < -0.4 is 10.1 Å². The molecule has 0 aliphatic heterocycles. The molecule has 0 heterocycles. The lowest BCUT2D eigenvalue weighted by atomic mass is 9.98. The maximum Gasteiger partial charge on any atom is 0.162 e. The second-order valence-electron chi connectivity index (χ2n) is 4.96. The molecule has 1 N–H and O–H groups in total. The smallest absolute Gasteiger partial charge is 0.162 e. The number of methoxy groups -OCH3 is 1. The van der Waals surface area contributed by atoms with Gasteiger partial charge in [0, 0.05) is 6.04 Å². The van der Waals surface area contributed by atoms with Gasteiger partial charge in [-0.15, -0.1) is 0 Å². The molecule has 0 saturated heterocycles. The summed E-state index contributed by atoms with van der Waals surface area (Å²) in [7, 11) is 3.44. The molecule has 4 heteroatoms. The van der Waals surface area contributed by atoms with Crippen LogP contribution in [0.5, 0.6) is 5.75 Å². The van der Waals surface area contributed by atoms with Crippen LogP contribution in [0.3, 0.4) is 0 Å². The number of halogens is 2. The molecule has 2 rings (SSSR count). The Morgan fingerprint density at radius 3 is 2.57 bits per heavy atom. The standard InChI is InChI=1S/C17H19F2NO/c1-20-14(9-12-5-3-7-15(10-12)21-2)11-13-6-4-8-16(18)17(13)19/h3-8,10,14,20H,9,11H2,1-2H3. The Balaban J connectivity index is 2.11. The first-order chi connectivity index (χ1) is 10.1. The predicted octanol–water partition coefficient (Wildman–Crippen LogP) is 3.35. The molecule has 112 valence electrons. The fraction of sp³-hybridized carbons (Fsp3) is 0.294. The number of benzene rings is 2. The van der Waals surface area contributed by atoms with E-state index in [2.05, 4.69) is 5.32 Å². The van der Waals surface area contributed by atoms with Crippen molar-refractivity contribution in [2.45, 2.75) is 18.9 Å². The quantitative estimate of drug-likeness (QED) is 0.881. The van der Waals surface area contributed by atoms with E-state index < -0.39 is 11.6 Å². The van der Waals surface area contributed by atoms with Gasteiger partial charge in [0.2, 0.25) is 0 Å². The van der Waals surface area contributed by atoms with Gasteiger partial charge in [0.1, 0.15) is 5.75 Å². The highest BCUT2D eigenvalue weighted by molar-refractivity contribution is 5.29. The van der Waals surface area contributed by atoms with Crippen LogP contribution in [-0.4, -0.2) is 20.2 Å². The molecule has 0 saturated carbocycles. The van der Waals surface area contributed by atoms with E-state index >= 15 is 0 Å². The zero-order chi connectivity index (χ0) is 15.2. The van der Waals surface area contributed by atoms with Crippen molar-refractivity contribution >= 4 is 0 Å². The van der Waals surface area contributed by atoms with Crippen LogP contribution in [-0.2, 0) is 12.8 Å². The van der Waals surface area contributed by atoms with E-state index in [4.69, 9.17) is 4.74 Å². The van der Waals surface area contributed by atoms with Gasteiger partial charge in [0.15, 0.2) is 11.6 Å². The third-order valence-electron chi connectivity index (χ3n) is 3.52. The van der Waals surface area contributed by atoms with Crippen molar-refractivity contribution in [2.75, 3.05) is 14.2 Å². The third-order valence-corrected chi connectivity index (χ3v) is 3.52. The van der Waals surface area contributed by atoms with Gasteiger partial charge >= 0.3 is 0 Å². The van der Waals surface area contributed by atoms with Crippen LogP contribution in [0.1, 0.15) is 11.1 Å². The van der Waals surface area contributed by atoms with Crippen molar-refractivity contribution in [1.82, 2.24) is 5.32 Å². The Morgan fingerprint density at radius 1 is 1.10 bits per heavy atom. The minimum Gasteiger partial charge on any atom is -0.497 e. The Labute approximate surface area is 123 Å². The molecule has 0 aliphatic carbocycles. The van der Waals surface area contributed by atoms with Crippen molar-refractivity contribution in [3.63, 3.8) is 0 Å². The Kier molecular flexibility index (Phi) is 5.28. The van der Waals surface area contributed by atoms with E-state index in [9.17, 15) is 8.78 Å². The van der Waals surface area contributed by atoms with Crippen LogP contribution >= 0.6 is 0 Å². The van der Waals surface area contributed by atoms with Gasteiger partial charge < -0.3 is 10.1 Å². The Hall–Kier alpha value is -1.94. The number of rotatable bonds is 6. The predicted molar refractivity (Wildman–Crippen MR) is 79.6 cm³/mol. The lowest BCUT2D eigenvalue weighted by Gasteiger charge is -2.17. The average Bonchev–Trinajstić information content (AvgIpc) is 2.51. The maximum absolute atomic E-state index is 13.7. The fourth-order valence-corrected chi connectivity index (χ4v) is 2.33. The lowest BCUT2D eigenvalue weighted by Crippen LogP contribution is -2.30. The molecule has 0 spiro atoms. The number of ether oxygens (including phenoxy) is 1. The summed E-state index contributed by atoms with van der Waals surface area (Å²) in [5.74, 6) is -0.772. The van der Waals surface area contributed by atoms with Crippen molar-refractivity contribution < 1.29 is 13.5 Å². The molecule has 0 aliphatic rings. The van der Waals surface area contributed by atoms with Crippen molar-refractivity contribution in [2.24, 2.45) is 0 Å². The molecular formula is C17H19F2NO. The van der Waals surface area contributed by atoms with Gasteiger partial charge in [-0.2, -0.15) is 0 Å². The SMILES string of the molecule is CNC(Cc1cccc(OC)c1)Cc1cccc(F)c1F. The van der Waals surface area contributed by atoms with Crippen molar-refractivity contribution in [1.29, 1.82) is 0 Å². The summed E-state index contributed by atoms with van der Waals surface area (Å²) in [6.45, 7) is 0. The van der Waals surface area contributed by atoms with E-state index in [0.717, 1.165) is 17.4 Å². The van der Waals surface area contributed by atoms with E-state index in [1.807, 2.05) is 31.3 Å². The van der Waals surface area contributed by atoms with E-state index in [1.54, 1.807) is 13.2 Å². The van der Waals surface area contributed by atoms with Crippen LogP contribution in [0.15, 0.2) is 42.5 Å². The summed E-state index contributed by atoms with van der Waals surface area (Å²) in [5.41, 5.74) is 1.47. The first-order valence-corrected chi connectivity index (χ1v) is 6.87. The summed E-state index contributed by atoms with van der Waals surface area (Å²) < 4.78 is 32.2. The second-order valence-corrected chi connectivity index (χ2v) is 4.96. The highest BCUT2D eigenvalue weighted by Crippen LogP contribution is 2.17. The highest BCUT2D eigenvalue weighted by atomic mass is 19.2. The number of hydrogen-bond donors (Lipinski definition) is 1. The largest absolute Gasteiger partial charge is 0.497 e. The van der Waals surface area contributed by atoms with Crippen LogP contribution in [0.4, 0.5) is 8.78 Å². The van der Waals surface area contributed by atoms with E-state index in [1.165, 1.54) is 6.07 Å². The number of hydrogen-bond acceptors (Lipinski definition) is 2. The van der Waals surface area contributed by atoms with Crippen LogP contribution in [0.25, 0.3) is 0 Å². The van der Waals surface area contributed by atoms with E-state index in [0.29, 0.717) is 18.4 Å². The number of likely N-dealkylation sites (N-methyl/N-ethyl adjacent to an activating group) is 1. The summed E-state index contributed by atoms with van der Waals surface area (Å²) in [5, 5.41) is 3.15. The van der Waals surface area contributed by atoms with Gasteiger partial charge in [-0.05, 0) is 49.2 Å². The minimum absolute atomic E-state index is 0.0217. The zero-order valence-corrected chi connectivity index (χ0v) is 12.2. The normalized spacial score (nSPS) is 12.2. The van der Waals surface area contributed by atoms with Crippen molar-refractivity contribution in [3.05, 3.63) is 65.2 Å². The summed E-state index contributed by atoms with van der Waals surface area (Å²) in [6, 6.07) is 12.1. The second kappa shape index (κ2) is 7.18. The first-order valence-electron chi connectivity index (χ1n) is 6.87. The molecule has 21 heavy (non-hydrogen) atoms. The van der Waals surface area contributed by atoms with Gasteiger partial charge in [-0.1, -0.05) is 24.3 Å². The summed E-state index contributed by atoms with van der Waals surface area (Å²) >= 11 is 0.